The van der Waals surface area contributed by atoms with Crippen molar-refractivity contribution in [1.82, 2.24) is 5.32 Å². The minimum atomic E-state index is -0.946. The third kappa shape index (κ3) is 7.50. The molecule has 6 N–H and O–H groups in total. The number of nitrogens with one attached hydrogen (secondary N) is 3. The second-order valence-electron chi connectivity index (χ2n) is 7.67. The Morgan fingerprint density at radius 1 is 0.917 bits per heavy atom. The quantitative estimate of drug-likeness (QED) is 0.292. The van der Waals surface area contributed by atoms with Crippen molar-refractivity contribution >= 4 is 29.0 Å². The fraction of sp³-hybridized carbons (Fsp3) is 0.148. The van der Waals surface area contributed by atoms with E-state index in [1.807, 2.05) is 0 Å². The molecule has 0 saturated carbocycles. The predicted molar refractivity (Wildman–Crippen MR) is 135 cm³/mol. The molecular weight excluding hydrogens is 463 g/mol. The summed E-state index contributed by atoms with van der Waals surface area (Å²) in [6.07, 6.45) is 0. The number of rotatable bonds is 9. The van der Waals surface area contributed by atoms with Gasteiger partial charge in [0.15, 0.2) is 5.78 Å². The molecule has 184 valence electrons. The third-order valence-corrected chi connectivity index (χ3v) is 5.07. The molecule has 0 spiro atoms. The van der Waals surface area contributed by atoms with Crippen LogP contribution in [0.15, 0.2) is 72.8 Å². The molecule has 0 aliphatic heterocycles. The largest absolute Gasteiger partial charge is 0.388 e. The zero-order valence-electron chi connectivity index (χ0n) is 19.3. The molecule has 1 atom stereocenters. The summed E-state index contributed by atoms with van der Waals surface area (Å²) in [6, 6.07) is 18.6. The zero-order chi connectivity index (χ0) is 25.9. The highest BCUT2D eigenvalue weighted by atomic mass is 19.1. The normalized spacial score (nSPS) is 11.0. The highest BCUT2D eigenvalue weighted by Gasteiger charge is 2.18. The molecule has 0 unspecified atom stereocenters. The fourth-order valence-electron chi connectivity index (χ4n) is 3.09. The number of carbonyl (C=O) groups excluding carboxylic acids is 3. The number of Topliss-reactive ketones (excluding diaryl/α,β-unsaturated/α-hetero) is 1. The molecule has 0 aliphatic carbocycles. The molecule has 0 radical (unpaired) electrons. The van der Waals surface area contributed by atoms with Crippen molar-refractivity contribution in [2.45, 2.75) is 6.04 Å². The highest BCUT2D eigenvalue weighted by Crippen LogP contribution is 2.13. The van der Waals surface area contributed by atoms with E-state index in [9.17, 15) is 18.8 Å². The lowest BCUT2D eigenvalue weighted by atomic mass is 10.1. The zero-order valence-corrected chi connectivity index (χ0v) is 19.3. The summed E-state index contributed by atoms with van der Waals surface area (Å²) in [5.41, 5.74) is 8.01. The monoisotopic (exact) mass is 488 g/mol. The smallest absolute Gasteiger partial charge is 0.251 e. The molecule has 3 rings (SSSR count). The van der Waals surface area contributed by atoms with Gasteiger partial charge < -0.3 is 26.8 Å². The van der Waals surface area contributed by atoms with Gasteiger partial charge >= 0.3 is 0 Å². The topological polar surface area (TPSA) is 134 Å². The average Bonchev–Trinajstić information content (AvgIpc) is 2.90. The molecule has 8 nitrogen and oxygen atoms in total. The van der Waals surface area contributed by atoms with E-state index in [0.717, 1.165) is 0 Å². The number of hydrogen-bond acceptors (Lipinski definition) is 6. The standard InChI is InChI=1S/C27H25FN4O4/c28-22-3-1-2-4-23(22)30-16-26(35)31-21-13-9-19(10-14-21)6-5-18-7-11-20(12-8-18)27(36)32-24(15-29)25(34)17-33/h1-4,7-14,24,30,33H,15-17,29H2,(H,31,35)(H,32,36)/t24-/m0/s1. The van der Waals surface area contributed by atoms with Crippen LogP contribution in [0.3, 0.4) is 0 Å². The Bertz CT molecular complexity index is 1280. The number of ketones is 1. The summed E-state index contributed by atoms with van der Waals surface area (Å²) >= 11 is 0. The highest BCUT2D eigenvalue weighted by molar-refractivity contribution is 5.98. The number of halogens is 1. The Kier molecular flexibility index (Phi) is 9.28. The minimum Gasteiger partial charge on any atom is -0.388 e. The van der Waals surface area contributed by atoms with Crippen LogP contribution in [-0.4, -0.2) is 48.4 Å². The van der Waals surface area contributed by atoms with Gasteiger partial charge in [-0.05, 0) is 60.7 Å². The molecule has 0 bridgehead atoms. The molecule has 3 aromatic rings. The summed E-state index contributed by atoms with van der Waals surface area (Å²) in [5, 5.41) is 16.9. The van der Waals surface area contributed by atoms with Gasteiger partial charge in [-0.25, -0.2) is 4.39 Å². The van der Waals surface area contributed by atoms with Crippen LogP contribution in [0.2, 0.25) is 0 Å². The maximum atomic E-state index is 13.6. The molecule has 0 aromatic heterocycles. The number of amides is 2. The fourth-order valence-corrected chi connectivity index (χ4v) is 3.09. The summed E-state index contributed by atoms with van der Waals surface area (Å²) in [5.74, 6) is 4.20. The van der Waals surface area contributed by atoms with Gasteiger partial charge in [0, 0.05) is 28.9 Å². The first-order valence-corrected chi connectivity index (χ1v) is 11.0. The lowest BCUT2D eigenvalue weighted by molar-refractivity contribution is -0.123. The van der Waals surface area contributed by atoms with Crippen molar-refractivity contribution in [3.05, 3.63) is 95.3 Å². The van der Waals surface area contributed by atoms with Crippen molar-refractivity contribution < 1.29 is 23.9 Å². The SMILES string of the molecule is NC[C@H](NC(=O)c1ccc(C#Cc2ccc(NC(=O)CNc3ccccc3F)cc2)cc1)C(=O)CO. The number of aliphatic hydroxyl groups is 1. The molecular formula is C27H25FN4O4. The maximum absolute atomic E-state index is 13.6. The maximum Gasteiger partial charge on any atom is 0.251 e. The molecule has 0 fully saturated rings. The Hall–Kier alpha value is -4.52. The van der Waals surface area contributed by atoms with Crippen LogP contribution in [0.1, 0.15) is 21.5 Å². The van der Waals surface area contributed by atoms with Crippen molar-refractivity contribution in [3.63, 3.8) is 0 Å². The van der Waals surface area contributed by atoms with Crippen molar-refractivity contribution in [1.29, 1.82) is 0 Å². The van der Waals surface area contributed by atoms with Gasteiger partial charge in [0.25, 0.3) is 5.91 Å². The lowest BCUT2D eigenvalue weighted by Gasteiger charge is -2.14. The van der Waals surface area contributed by atoms with E-state index in [2.05, 4.69) is 27.8 Å². The van der Waals surface area contributed by atoms with Crippen LogP contribution in [0.4, 0.5) is 15.8 Å². The molecule has 36 heavy (non-hydrogen) atoms. The van der Waals surface area contributed by atoms with Crippen LogP contribution in [0.5, 0.6) is 0 Å². The number of benzene rings is 3. The molecule has 0 aliphatic rings. The minimum absolute atomic E-state index is 0.0822. The number of nitrogens with two attached hydrogens (primary N) is 1. The Morgan fingerprint density at radius 2 is 1.53 bits per heavy atom. The summed E-state index contributed by atoms with van der Waals surface area (Å²) in [6.45, 7) is -0.889. The second-order valence-corrected chi connectivity index (χ2v) is 7.67. The number of carbonyl (C=O) groups is 3. The molecule has 0 saturated heterocycles. The van der Waals surface area contributed by atoms with Gasteiger partial charge in [-0.3, -0.25) is 14.4 Å². The Labute approximate surface area is 207 Å². The number of hydrogen-bond donors (Lipinski definition) is 5. The number of para-hydroxylation sites is 1. The van der Waals surface area contributed by atoms with Gasteiger partial charge in [0.2, 0.25) is 5.91 Å². The van der Waals surface area contributed by atoms with Crippen LogP contribution in [0.25, 0.3) is 0 Å². The van der Waals surface area contributed by atoms with E-state index in [1.54, 1.807) is 66.7 Å². The number of anilines is 2. The Balaban J connectivity index is 1.53. The van der Waals surface area contributed by atoms with E-state index >= 15 is 0 Å². The third-order valence-electron chi connectivity index (χ3n) is 5.07. The molecule has 0 heterocycles. The van der Waals surface area contributed by atoms with Crippen molar-refractivity contribution in [2.24, 2.45) is 5.73 Å². The lowest BCUT2D eigenvalue weighted by Crippen LogP contribution is -2.46. The first-order chi connectivity index (χ1) is 17.4. The van der Waals surface area contributed by atoms with E-state index in [-0.39, 0.29) is 24.7 Å². The van der Waals surface area contributed by atoms with Crippen LogP contribution in [-0.2, 0) is 9.59 Å². The predicted octanol–water partition coefficient (Wildman–Crippen LogP) is 1.89. The van der Waals surface area contributed by atoms with E-state index in [1.165, 1.54) is 6.07 Å². The average molecular weight is 489 g/mol. The number of aliphatic hydroxyl groups excluding tert-OH is 1. The molecule has 2 amide bonds. The summed E-state index contributed by atoms with van der Waals surface area (Å²) in [7, 11) is 0. The van der Waals surface area contributed by atoms with Gasteiger partial charge in [-0.2, -0.15) is 0 Å². The van der Waals surface area contributed by atoms with E-state index < -0.39 is 30.2 Å². The van der Waals surface area contributed by atoms with Gasteiger partial charge in [-0.15, -0.1) is 0 Å². The van der Waals surface area contributed by atoms with E-state index in [4.69, 9.17) is 10.8 Å². The van der Waals surface area contributed by atoms with Gasteiger partial charge in [-0.1, -0.05) is 24.0 Å². The first-order valence-electron chi connectivity index (χ1n) is 11.0. The second kappa shape index (κ2) is 12.8. The van der Waals surface area contributed by atoms with E-state index in [0.29, 0.717) is 22.4 Å². The summed E-state index contributed by atoms with van der Waals surface area (Å²) < 4.78 is 13.6. The van der Waals surface area contributed by atoms with Crippen LogP contribution < -0.4 is 21.7 Å². The van der Waals surface area contributed by atoms with Crippen LogP contribution in [0, 0.1) is 17.7 Å². The van der Waals surface area contributed by atoms with Crippen LogP contribution >= 0.6 is 0 Å². The van der Waals surface area contributed by atoms with Gasteiger partial charge in [0.05, 0.1) is 12.2 Å². The Morgan fingerprint density at radius 3 is 2.11 bits per heavy atom. The van der Waals surface area contributed by atoms with Crippen molar-refractivity contribution in [3.8, 4) is 11.8 Å². The van der Waals surface area contributed by atoms with Gasteiger partial charge in [0.1, 0.15) is 18.5 Å². The molecule has 3 aromatic carbocycles. The molecule has 9 heteroatoms. The van der Waals surface area contributed by atoms with Crippen molar-refractivity contribution in [2.75, 3.05) is 30.3 Å². The first kappa shape index (κ1) is 26.1. The summed E-state index contributed by atoms with van der Waals surface area (Å²) in [4.78, 5) is 35.9.